The number of aromatic nitrogens is 1. The summed E-state index contributed by atoms with van der Waals surface area (Å²) in [6, 6.07) is 14.9. The lowest BCUT2D eigenvalue weighted by Gasteiger charge is -2.04. The molecule has 20 heavy (non-hydrogen) atoms. The summed E-state index contributed by atoms with van der Waals surface area (Å²) in [5.74, 6) is -0.357. The van der Waals surface area contributed by atoms with E-state index in [9.17, 15) is 4.79 Å². The fourth-order valence-electron chi connectivity index (χ4n) is 2.12. The lowest BCUT2D eigenvalue weighted by atomic mass is 10.1. The molecule has 2 aromatic carbocycles. The maximum absolute atomic E-state index is 11.9. The molecule has 0 atom stereocenters. The van der Waals surface area contributed by atoms with Crippen LogP contribution in [0.3, 0.4) is 0 Å². The number of nitrogens with two attached hydrogens (primary N) is 1. The average Bonchev–Trinajstić information content (AvgIpc) is 2.76. The van der Waals surface area contributed by atoms with Gasteiger partial charge in [-0.1, -0.05) is 48.6 Å². The van der Waals surface area contributed by atoms with Crippen LogP contribution in [-0.4, -0.2) is 9.56 Å². The zero-order chi connectivity index (χ0) is 14.1. The Bertz CT molecular complexity index is 831. The maximum atomic E-state index is 11.9. The minimum absolute atomic E-state index is 0.357. The van der Waals surface area contributed by atoms with Crippen molar-refractivity contribution in [3.63, 3.8) is 0 Å². The standard InChI is InChI=1S/C15H12N2O2S/c16-14(20)11-7-5-10(6-8-11)9-17-12-3-1-2-4-13(12)19-15(17)18/h1-8H,9H2,(H2,16,20). The van der Waals surface area contributed by atoms with Crippen LogP contribution in [-0.2, 0) is 6.54 Å². The largest absolute Gasteiger partial charge is 0.420 e. The van der Waals surface area contributed by atoms with Crippen LogP contribution >= 0.6 is 12.2 Å². The van der Waals surface area contributed by atoms with Crippen molar-refractivity contribution in [2.45, 2.75) is 6.54 Å². The molecule has 0 radical (unpaired) electrons. The van der Waals surface area contributed by atoms with E-state index in [1.54, 1.807) is 10.6 Å². The Morgan fingerprint density at radius 2 is 1.85 bits per heavy atom. The molecular weight excluding hydrogens is 272 g/mol. The predicted octanol–water partition coefficient (Wildman–Crippen LogP) is 2.28. The van der Waals surface area contributed by atoms with E-state index in [-0.39, 0.29) is 5.76 Å². The molecule has 3 aromatic rings. The molecule has 2 N–H and O–H groups in total. The fraction of sp³-hybridized carbons (Fsp3) is 0.0667. The third kappa shape index (κ3) is 2.23. The van der Waals surface area contributed by atoms with E-state index >= 15 is 0 Å². The molecule has 0 aliphatic heterocycles. The first-order valence-corrected chi connectivity index (χ1v) is 6.53. The van der Waals surface area contributed by atoms with Crippen molar-refractivity contribution in [2.75, 3.05) is 0 Å². The van der Waals surface area contributed by atoms with Crippen molar-refractivity contribution in [1.29, 1.82) is 0 Å². The smallest absolute Gasteiger partial charge is 0.408 e. The quantitative estimate of drug-likeness (QED) is 0.750. The number of para-hydroxylation sites is 2. The van der Waals surface area contributed by atoms with Gasteiger partial charge in [0, 0.05) is 5.56 Å². The minimum Gasteiger partial charge on any atom is -0.408 e. The molecule has 0 fully saturated rings. The van der Waals surface area contributed by atoms with Gasteiger partial charge in [-0.3, -0.25) is 4.57 Å². The van der Waals surface area contributed by atoms with Gasteiger partial charge in [0.2, 0.25) is 0 Å². The number of thiocarbonyl (C=S) groups is 1. The molecule has 1 heterocycles. The molecule has 0 aliphatic carbocycles. The van der Waals surface area contributed by atoms with Gasteiger partial charge in [-0.25, -0.2) is 4.79 Å². The number of rotatable bonds is 3. The Morgan fingerprint density at radius 3 is 2.55 bits per heavy atom. The summed E-state index contributed by atoms with van der Waals surface area (Å²) in [6.45, 7) is 0.452. The van der Waals surface area contributed by atoms with E-state index in [0.717, 1.165) is 16.6 Å². The van der Waals surface area contributed by atoms with Crippen LogP contribution in [0.2, 0.25) is 0 Å². The van der Waals surface area contributed by atoms with Crippen molar-refractivity contribution in [2.24, 2.45) is 5.73 Å². The van der Waals surface area contributed by atoms with Crippen molar-refractivity contribution in [1.82, 2.24) is 4.57 Å². The van der Waals surface area contributed by atoms with E-state index in [0.29, 0.717) is 17.1 Å². The second-order valence-electron chi connectivity index (χ2n) is 4.48. The minimum atomic E-state index is -0.357. The van der Waals surface area contributed by atoms with Gasteiger partial charge in [0.1, 0.15) is 4.99 Å². The first-order valence-electron chi connectivity index (χ1n) is 6.12. The first-order chi connectivity index (χ1) is 9.65. The molecule has 1 aromatic heterocycles. The Hall–Kier alpha value is -2.40. The number of hydrogen-bond acceptors (Lipinski definition) is 3. The van der Waals surface area contributed by atoms with Gasteiger partial charge in [-0.05, 0) is 17.7 Å². The number of hydrogen-bond donors (Lipinski definition) is 1. The topological polar surface area (TPSA) is 61.2 Å². The molecular formula is C15H12N2O2S. The van der Waals surface area contributed by atoms with E-state index < -0.39 is 0 Å². The Morgan fingerprint density at radius 1 is 1.15 bits per heavy atom. The maximum Gasteiger partial charge on any atom is 0.420 e. The van der Waals surface area contributed by atoms with Crippen LogP contribution in [0.1, 0.15) is 11.1 Å². The number of nitrogens with zero attached hydrogens (tertiary/aromatic N) is 1. The van der Waals surface area contributed by atoms with Gasteiger partial charge in [0.05, 0.1) is 12.1 Å². The second-order valence-corrected chi connectivity index (χ2v) is 4.92. The van der Waals surface area contributed by atoms with E-state index in [4.69, 9.17) is 22.4 Å². The summed E-state index contributed by atoms with van der Waals surface area (Å²) in [5, 5.41) is 0. The van der Waals surface area contributed by atoms with Crippen LogP contribution in [0, 0.1) is 0 Å². The van der Waals surface area contributed by atoms with Crippen LogP contribution in [0.15, 0.2) is 57.7 Å². The highest BCUT2D eigenvalue weighted by Crippen LogP contribution is 2.14. The summed E-state index contributed by atoms with van der Waals surface area (Å²) in [7, 11) is 0. The van der Waals surface area contributed by atoms with Crippen molar-refractivity contribution >= 4 is 28.3 Å². The Labute approximate surface area is 120 Å². The third-order valence-corrected chi connectivity index (χ3v) is 3.39. The molecule has 0 bridgehead atoms. The number of oxazole rings is 1. The first kappa shape index (κ1) is 12.6. The molecule has 5 heteroatoms. The van der Waals surface area contributed by atoms with Crippen LogP contribution in [0.4, 0.5) is 0 Å². The highest BCUT2D eigenvalue weighted by molar-refractivity contribution is 7.80. The molecule has 0 saturated heterocycles. The highest BCUT2D eigenvalue weighted by atomic mass is 32.1. The van der Waals surface area contributed by atoms with Crippen molar-refractivity contribution in [3.05, 3.63) is 70.2 Å². The van der Waals surface area contributed by atoms with Crippen LogP contribution in [0.5, 0.6) is 0 Å². The van der Waals surface area contributed by atoms with Gasteiger partial charge in [-0.15, -0.1) is 0 Å². The van der Waals surface area contributed by atoms with Crippen LogP contribution in [0.25, 0.3) is 11.1 Å². The van der Waals surface area contributed by atoms with Gasteiger partial charge >= 0.3 is 5.76 Å². The molecule has 0 saturated carbocycles. The molecule has 100 valence electrons. The van der Waals surface area contributed by atoms with E-state index in [1.807, 2.05) is 42.5 Å². The van der Waals surface area contributed by atoms with Gasteiger partial charge in [-0.2, -0.15) is 0 Å². The Kier molecular flexibility index (Phi) is 3.12. The third-order valence-electron chi connectivity index (χ3n) is 3.15. The summed E-state index contributed by atoms with van der Waals surface area (Å²) in [6.07, 6.45) is 0. The zero-order valence-corrected chi connectivity index (χ0v) is 11.4. The summed E-state index contributed by atoms with van der Waals surface area (Å²) >= 11 is 4.91. The number of fused-ring (bicyclic) bond motifs is 1. The molecule has 0 spiro atoms. The summed E-state index contributed by atoms with van der Waals surface area (Å²) in [4.78, 5) is 12.2. The van der Waals surface area contributed by atoms with Gasteiger partial charge in [0.15, 0.2) is 5.58 Å². The van der Waals surface area contributed by atoms with Gasteiger partial charge in [0.25, 0.3) is 0 Å². The van der Waals surface area contributed by atoms with E-state index in [2.05, 4.69) is 0 Å². The average molecular weight is 284 g/mol. The predicted molar refractivity (Wildman–Crippen MR) is 81.9 cm³/mol. The number of benzene rings is 2. The van der Waals surface area contributed by atoms with Crippen molar-refractivity contribution in [3.8, 4) is 0 Å². The molecule has 4 nitrogen and oxygen atoms in total. The molecule has 3 rings (SSSR count). The second kappa shape index (κ2) is 4.94. The Balaban J connectivity index is 1.99. The molecule has 0 aliphatic rings. The summed E-state index contributed by atoms with van der Waals surface area (Å²) in [5.41, 5.74) is 8.74. The van der Waals surface area contributed by atoms with Gasteiger partial charge < -0.3 is 10.2 Å². The SMILES string of the molecule is NC(=S)c1ccc(Cn2c(=O)oc3ccccc32)cc1. The van der Waals surface area contributed by atoms with Crippen LogP contribution < -0.4 is 11.5 Å². The monoisotopic (exact) mass is 284 g/mol. The lowest BCUT2D eigenvalue weighted by molar-refractivity contribution is 0.517. The molecule has 0 unspecified atom stereocenters. The van der Waals surface area contributed by atoms with E-state index in [1.165, 1.54) is 0 Å². The fourth-order valence-corrected chi connectivity index (χ4v) is 2.26. The van der Waals surface area contributed by atoms with Crippen molar-refractivity contribution < 1.29 is 4.42 Å². The lowest BCUT2D eigenvalue weighted by Crippen LogP contribution is -2.15. The summed E-state index contributed by atoms with van der Waals surface area (Å²) < 4.78 is 6.80. The highest BCUT2D eigenvalue weighted by Gasteiger charge is 2.08. The zero-order valence-electron chi connectivity index (χ0n) is 10.6. The molecule has 0 amide bonds. The normalized spacial score (nSPS) is 10.8.